The first-order valence-electron chi connectivity index (χ1n) is 12.7. The molecule has 1 aromatic heterocycles. The summed E-state index contributed by atoms with van der Waals surface area (Å²) in [7, 11) is 0. The number of rotatable bonds is 3. The molecule has 0 bridgehead atoms. The summed E-state index contributed by atoms with van der Waals surface area (Å²) < 4.78 is 33.0. The molecule has 192 valence electrons. The van der Waals surface area contributed by atoms with E-state index < -0.39 is 46.7 Å². The molecule has 9 heteroatoms. The first-order chi connectivity index (χ1) is 17.0. The van der Waals surface area contributed by atoms with Gasteiger partial charge in [-0.2, -0.15) is 0 Å². The van der Waals surface area contributed by atoms with Crippen molar-refractivity contribution in [1.82, 2.24) is 9.97 Å². The van der Waals surface area contributed by atoms with Crippen LogP contribution in [0.15, 0.2) is 42.3 Å². The zero-order valence-corrected chi connectivity index (χ0v) is 20.4. The molecule has 7 nitrogen and oxygen atoms in total. The van der Waals surface area contributed by atoms with Crippen molar-refractivity contribution in [2.45, 2.75) is 51.1 Å². The molecule has 0 spiro atoms. The zero-order valence-electron chi connectivity index (χ0n) is 20.4. The van der Waals surface area contributed by atoms with E-state index in [0.29, 0.717) is 18.9 Å². The predicted molar refractivity (Wildman–Crippen MR) is 126 cm³/mol. The van der Waals surface area contributed by atoms with Crippen LogP contribution >= 0.6 is 0 Å². The normalized spacial score (nSPS) is 47.1. The molecule has 3 saturated carbocycles. The number of carbonyl (C=O) groups is 2. The van der Waals surface area contributed by atoms with Crippen molar-refractivity contribution in [2.75, 3.05) is 24.6 Å². The molecule has 0 aromatic carbocycles. The first kappa shape index (κ1) is 23.9. The van der Waals surface area contributed by atoms with Crippen LogP contribution in [0.5, 0.6) is 0 Å². The Morgan fingerprint density at radius 2 is 1.94 bits per heavy atom. The van der Waals surface area contributed by atoms with Crippen LogP contribution in [-0.2, 0) is 9.59 Å². The van der Waals surface area contributed by atoms with E-state index in [1.165, 1.54) is 18.2 Å². The highest BCUT2D eigenvalue weighted by atomic mass is 19.1. The van der Waals surface area contributed by atoms with E-state index >= 15 is 8.78 Å². The number of ketones is 2. The monoisotopic (exact) mass is 499 g/mol. The van der Waals surface area contributed by atoms with Gasteiger partial charge >= 0.3 is 0 Å². The molecule has 0 radical (unpaired) electrons. The number of aliphatic hydroxyl groups excluding tert-OH is 2. The van der Waals surface area contributed by atoms with Crippen molar-refractivity contribution in [3.63, 3.8) is 0 Å². The van der Waals surface area contributed by atoms with Gasteiger partial charge in [0.2, 0.25) is 5.95 Å². The molecule has 1 aliphatic heterocycles. The van der Waals surface area contributed by atoms with Gasteiger partial charge in [-0.1, -0.05) is 13.0 Å². The Labute approximate surface area is 208 Å². The third-order valence-electron chi connectivity index (χ3n) is 10.6. The van der Waals surface area contributed by atoms with Crippen molar-refractivity contribution < 1.29 is 28.6 Å². The quantitative estimate of drug-likeness (QED) is 0.658. The minimum absolute atomic E-state index is 0.00198. The summed E-state index contributed by atoms with van der Waals surface area (Å²) in [4.78, 5) is 36.2. The van der Waals surface area contributed by atoms with Crippen molar-refractivity contribution in [3.8, 4) is 0 Å². The van der Waals surface area contributed by atoms with Crippen LogP contribution in [0.1, 0.15) is 33.1 Å². The largest absolute Gasteiger partial charge is 0.390 e. The fourth-order valence-corrected chi connectivity index (χ4v) is 9.03. The second-order valence-corrected chi connectivity index (χ2v) is 11.8. The number of aromatic nitrogens is 2. The molecule has 4 aliphatic carbocycles. The van der Waals surface area contributed by atoms with E-state index in [4.69, 9.17) is 0 Å². The van der Waals surface area contributed by atoms with Gasteiger partial charge in [0.05, 0.1) is 11.5 Å². The van der Waals surface area contributed by atoms with Crippen LogP contribution in [0.3, 0.4) is 0 Å². The molecular formula is C27H31F2N3O4. The fraction of sp³-hybridized carbons (Fsp3) is 0.630. The van der Waals surface area contributed by atoms with Gasteiger partial charge in [0.25, 0.3) is 0 Å². The third kappa shape index (κ3) is 2.63. The Morgan fingerprint density at radius 1 is 1.22 bits per heavy atom. The number of aliphatic hydroxyl groups is 2. The number of carbonyl (C=O) groups excluding carboxylic acids is 2. The highest BCUT2D eigenvalue weighted by molar-refractivity contribution is 6.01. The summed E-state index contributed by atoms with van der Waals surface area (Å²) in [5, 5.41) is 21.6. The number of Topliss-reactive ketones (excluding diaryl/α,β-unsaturated/α-hetero) is 1. The van der Waals surface area contributed by atoms with Gasteiger partial charge in [-0.15, -0.1) is 0 Å². The average Bonchev–Trinajstić information content (AvgIpc) is 3.36. The maximum Gasteiger partial charge on any atom is 0.225 e. The van der Waals surface area contributed by atoms with Crippen molar-refractivity contribution in [3.05, 3.63) is 42.3 Å². The van der Waals surface area contributed by atoms with Gasteiger partial charge in [-0.25, -0.2) is 18.7 Å². The van der Waals surface area contributed by atoms with Gasteiger partial charge in [0, 0.05) is 36.8 Å². The van der Waals surface area contributed by atoms with E-state index in [2.05, 4.69) is 9.97 Å². The van der Waals surface area contributed by atoms with Crippen LogP contribution < -0.4 is 4.90 Å². The molecule has 9 atom stereocenters. The average molecular weight is 500 g/mol. The number of nitrogens with zero attached hydrogens (tertiary/aromatic N) is 3. The van der Waals surface area contributed by atoms with Gasteiger partial charge in [0.1, 0.15) is 12.8 Å². The van der Waals surface area contributed by atoms with Crippen molar-refractivity contribution >= 4 is 17.5 Å². The van der Waals surface area contributed by atoms with Crippen LogP contribution in [0.4, 0.5) is 14.7 Å². The van der Waals surface area contributed by atoms with E-state index in [1.807, 2.05) is 11.8 Å². The first-order valence-corrected chi connectivity index (χ1v) is 12.7. The molecule has 4 fully saturated rings. The maximum atomic E-state index is 17.4. The van der Waals surface area contributed by atoms with Crippen LogP contribution in [0.2, 0.25) is 0 Å². The summed E-state index contributed by atoms with van der Waals surface area (Å²) in [6.45, 7) is 3.53. The summed E-state index contributed by atoms with van der Waals surface area (Å²) in [6.07, 6.45) is 4.43. The molecule has 36 heavy (non-hydrogen) atoms. The number of alkyl halides is 2. The number of hydrogen-bond donors (Lipinski definition) is 2. The molecule has 2 N–H and O–H groups in total. The molecule has 6 rings (SSSR count). The number of hydrogen-bond acceptors (Lipinski definition) is 7. The third-order valence-corrected chi connectivity index (χ3v) is 10.6. The second-order valence-electron chi connectivity index (χ2n) is 11.8. The lowest BCUT2D eigenvalue weighted by Gasteiger charge is -2.63. The summed E-state index contributed by atoms with van der Waals surface area (Å²) in [6, 6.07) is 1.71. The van der Waals surface area contributed by atoms with E-state index in [-0.39, 0.29) is 48.4 Å². The molecule has 1 aromatic rings. The zero-order chi connectivity index (χ0) is 25.7. The highest BCUT2D eigenvalue weighted by Gasteiger charge is 2.78. The molecular weight excluding hydrogens is 468 g/mol. The lowest BCUT2D eigenvalue weighted by Crippen LogP contribution is -2.69. The van der Waals surface area contributed by atoms with Crippen LogP contribution in [0.25, 0.3) is 0 Å². The molecule has 0 amide bonds. The molecule has 5 aliphatic rings. The highest BCUT2D eigenvalue weighted by Crippen LogP contribution is 2.74. The Bertz CT molecular complexity index is 1190. The summed E-state index contributed by atoms with van der Waals surface area (Å²) in [5.74, 6) is -1.69. The van der Waals surface area contributed by atoms with E-state index in [9.17, 15) is 19.8 Å². The Hall–Kier alpha value is -2.52. The van der Waals surface area contributed by atoms with Crippen molar-refractivity contribution in [2.24, 2.45) is 34.0 Å². The van der Waals surface area contributed by atoms with Crippen LogP contribution in [0, 0.1) is 34.0 Å². The standard InChI is InChI=1S/C27H31F2N3O4/c1-24-5-4-16(34)9-19(24)20(28)10-18-17-8-15-12-32(23-30-6-3-7-31-23)14-26(15,22(36)13-33)25(17,2)11-21(35)27(18,24)29/h3-7,9,15,17-18,20-21,33,35H,8,10-14H2,1-2H3/t15-,17-,18-,20-,21-,24-,25-,26+,27-/m0/s1. The maximum absolute atomic E-state index is 17.4. The molecule has 2 heterocycles. The second kappa shape index (κ2) is 7.51. The predicted octanol–water partition coefficient (Wildman–Crippen LogP) is 2.39. The van der Waals surface area contributed by atoms with Gasteiger partial charge in [0.15, 0.2) is 17.2 Å². The van der Waals surface area contributed by atoms with Crippen LogP contribution in [-0.4, -0.2) is 69.4 Å². The number of halogens is 2. The lowest BCUT2D eigenvalue weighted by molar-refractivity contribution is -0.210. The Balaban J connectivity index is 1.46. The lowest BCUT2D eigenvalue weighted by atomic mass is 9.43. The van der Waals surface area contributed by atoms with Gasteiger partial charge < -0.3 is 15.1 Å². The Kier molecular flexibility index (Phi) is 4.97. The smallest absolute Gasteiger partial charge is 0.225 e. The summed E-state index contributed by atoms with van der Waals surface area (Å²) >= 11 is 0. The van der Waals surface area contributed by atoms with E-state index in [0.717, 1.165) is 0 Å². The Morgan fingerprint density at radius 3 is 2.64 bits per heavy atom. The van der Waals surface area contributed by atoms with E-state index in [1.54, 1.807) is 25.4 Å². The minimum atomic E-state index is -2.19. The SMILES string of the molecule is C[C@]12C=CC(=O)C=C1[C@@H](F)C[C@H]1[C@@H]3C[C@H]4CN(c5ncccn5)C[C@@]4(C(=O)CO)[C@@]3(C)C[C@H](O)[C@@]12F. The topological polar surface area (TPSA) is 104 Å². The number of allylic oxidation sites excluding steroid dienone is 4. The number of fused-ring (bicyclic) bond motifs is 7. The van der Waals surface area contributed by atoms with Crippen molar-refractivity contribution in [1.29, 1.82) is 0 Å². The molecule has 0 unspecified atom stereocenters. The van der Waals surface area contributed by atoms with Gasteiger partial charge in [-0.3, -0.25) is 9.59 Å². The minimum Gasteiger partial charge on any atom is -0.390 e. The van der Waals surface area contributed by atoms with Gasteiger partial charge in [-0.05, 0) is 67.2 Å². The molecule has 1 saturated heterocycles. The summed E-state index contributed by atoms with van der Waals surface area (Å²) in [5.41, 5.74) is -5.48. The fourth-order valence-electron chi connectivity index (χ4n) is 9.03. The number of anilines is 1.